The smallest absolute Gasteiger partial charge is 0.361 e. The van der Waals surface area contributed by atoms with Crippen LogP contribution in [0, 0.1) is 0 Å². The Labute approximate surface area is 167 Å². The fourth-order valence-corrected chi connectivity index (χ4v) is 3.55. The number of benzene rings is 2. The average molecular weight is 413 g/mol. The number of H-pyrrole nitrogens is 1. The van der Waals surface area contributed by atoms with Crippen molar-refractivity contribution in [1.29, 1.82) is 0 Å². The number of alkyl halides is 3. The first-order chi connectivity index (χ1) is 13.9. The highest BCUT2D eigenvalue weighted by atomic mass is 35.5. The van der Waals surface area contributed by atoms with Crippen molar-refractivity contribution in [2.75, 3.05) is 0 Å². The van der Waals surface area contributed by atoms with E-state index in [1.807, 2.05) is 24.3 Å². The summed E-state index contributed by atoms with van der Waals surface area (Å²) in [7, 11) is 0. The van der Waals surface area contributed by atoms with Gasteiger partial charge in [-0.15, -0.1) is 0 Å². The highest BCUT2D eigenvalue weighted by Gasteiger charge is 2.33. The molecule has 3 aromatic heterocycles. The Bertz CT molecular complexity index is 1350. The Morgan fingerprint density at radius 1 is 0.966 bits per heavy atom. The van der Waals surface area contributed by atoms with Crippen LogP contribution in [0.15, 0.2) is 67.0 Å². The largest absolute Gasteiger partial charge is 0.433 e. The van der Waals surface area contributed by atoms with Crippen LogP contribution in [0.1, 0.15) is 5.69 Å². The number of para-hydroxylation sites is 1. The number of aromatic nitrogens is 4. The van der Waals surface area contributed by atoms with E-state index in [1.54, 1.807) is 30.5 Å². The molecule has 0 saturated heterocycles. The van der Waals surface area contributed by atoms with Gasteiger partial charge in [-0.2, -0.15) is 18.3 Å². The highest BCUT2D eigenvalue weighted by Crippen LogP contribution is 2.39. The molecule has 0 unspecified atom stereocenters. The van der Waals surface area contributed by atoms with Crippen molar-refractivity contribution >= 4 is 28.2 Å². The molecular formula is C21H12ClF3N4. The maximum absolute atomic E-state index is 13.3. The van der Waals surface area contributed by atoms with Gasteiger partial charge in [-0.25, -0.2) is 9.50 Å². The van der Waals surface area contributed by atoms with Gasteiger partial charge in [0.1, 0.15) is 11.4 Å². The molecule has 0 aliphatic carbocycles. The molecule has 29 heavy (non-hydrogen) atoms. The van der Waals surface area contributed by atoms with Gasteiger partial charge >= 0.3 is 6.18 Å². The first kappa shape index (κ1) is 17.8. The summed E-state index contributed by atoms with van der Waals surface area (Å²) in [6.45, 7) is 0. The van der Waals surface area contributed by atoms with Crippen LogP contribution >= 0.6 is 11.6 Å². The summed E-state index contributed by atoms with van der Waals surface area (Å²) in [6.07, 6.45) is -1.50. The monoisotopic (exact) mass is 412 g/mol. The molecule has 0 amide bonds. The number of hydrogen-bond donors (Lipinski definition) is 1. The summed E-state index contributed by atoms with van der Waals surface area (Å²) in [6, 6.07) is 15.5. The Morgan fingerprint density at radius 3 is 2.48 bits per heavy atom. The molecule has 8 heteroatoms. The average Bonchev–Trinajstić information content (AvgIpc) is 3.28. The van der Waals surface area contributed by atoms with Crippen LogP contribution in [0.2, 0.25) is 5.02 Å². The molecule has 4 nitrogen and oxygen atoms in total. The van der Waals surface area contributed by atoms with E-state index >= 15 is 0 Å². The van der Waals surface area contributed by atoms with Crippen LogP contribution in [0.3, 0.4) is 0 Å². The standard InChI is InChI=1S/C21H12ClF3N4/c22-13-7-5-12(6-8-13)19-18(15-11-26-16-4-2-1-3-14(15)16)20-27-17(21(23,24)25)9-10-29(20)28-19/h1-11,26H. The second kappa shape index (κ2) is 6.35. The number of halogens is 4. The van der Waals surface area contributed by atoms with Crippen molar-refractivity contribution in [1.82, 2.24) is 19.6 Å². The SMILES string of the molecule is FC(F)(F)c1ccn2nc(-c3ccc(Cl)cc3)c(-c3c[nH]c4ccccc34)c2n1. The summed E-state index contributed by atoms with van der Waals surface area (Å²) in [5.41, 5.74) is 2.55. The molecule has 2 aromatic carbocycles. The number of nitrogens with zero attached hydrogens (tertiary/aromatic N) is 3. The third-order valence-electron chi connectivity index (χ3n) is 4.75. The number of nitrogens with one attached hydrogen (secondary N) is 1. The van der Waals surface area contributed by atoms with Crippen LogP contribution in [0.5, 0.6) is 0 Å². The second-order valence-corrected chi connectivity index (χ2v) is 6.99. The van der Waals surface area contributed by atoms with E-state index in [-0.39, 0.29) is 5.65 Å². The number of hydrogen-bond acceptors (Lipinski definition) is 2. The maximum atomic E-state index is 13.3. The first-order valence-corrected chi connectivity index (χ1v) is 9.08. The Kier molecular flexibility index (Phi) is 3.89. The van der Waals surface area contributed by atoms with Crippen LogP contribution in [0.4, 0.5) is 13.2 Å². The van der Waals surface area contributed by atoms with E-state index < -0.39 is 11.9 Å². The first-order valence-electron chi connectivity index (χ1n) is 8.71. The molecule has 5 aromatic rings. The van der Waals surface area contributed by atoms with Gasteiger partial charge in [0.15, 0.2) is 5.65 Å². The van der Waals surface area contributed by atoms with Crippen molar-refractivity contribution in [2.24, 2.45) is 0 Å². The lowest BCUT2D eigenvalue weighted by Crippen LogP contribution is -2.09. The minimum Gasteiger partial charge on any atom is -0.361 e. The van der Waals surface area contributed by atoms with Gasteiger partial charge in [-0.3, -0.25) is 0 Å². The van der Waals surface area contributed by atoms with Crippen molar-refractivity contribution < 1.29 is 13.2 Å². The fourth-order valence-electron chi connectivity index (χ4n) is 3.42. The Balaban J connectivity index is 1.87. The number of aromatic amines is 1. The fraction of sp³-hybridized carbons (Fsp3) is 0.0476. The van der Waals surface area contributed by atoms with E-state index in [0.29, 0.717) is 16.3 Å². The molecule has 3 heterocycles. The Morgan fingerprint density at radius 2 is 1.72 bits per heavy atom. The second-order valence-electron chi connectivity index (χ2n) is 6.56. The molecule has 144 valence electrons. The molecule has 0 atom stereocenters. The number of rotatable bonds is 2. The highest BCUT2D eigenvalue weighted by molar-refractivity contribution is 6.30. The lowest BCUT2D eigenvalue weighted by molar-refractivity contribution is -0.141. The van der Waals surface area contributed by atoms with Crippen LogP contribution in [-0.4, -0.2) is 19.6 Å². The molecule has 0 aliphatic rings. The van der Waals surface area contributed by atoms with Gasteiger partial charge in [0, 0.05) is 39.4 Å². The zero-order chi connectivity index (χ0) is 20.2. The molecule has 0 aliphatic heterocycles. The zero-order valence-electron chi connectivity index (χ0n) is 14.7. The normalized spacial score (nSPS) is 12.1. The number of fused-ring (bicyclic) bond motifs is 2. The molecule has 0 radical (unpaired) electrons. The van der Waals surface area contributed by atoms with Crippen molar-refractivity contribution in [3.8, 4) is 22.4 Å². The van der Waals surface area contributed by atoms with Crippen molar-refractivity contribution in [2.45, 2.75) is 6.18 Å². The third kappa shape index (κ3) is 2.94. The van der Waals surface area contributed by atoms with Gasteiger partial charge in [0.2, 0.25) is 0 Å². The predicted octanol–water partition coefficient (Wildman–Crippen LogP) is 6.22. The third-order valence-corrected chi connectivity index (χ3v) is 5.00. The van der Waals surface area contributed by atoms with Gasteiger partial charge in [0.25, 0.3) is 0 Å². The van der Waals surface area contributed by atoms with Crippen LogP contribution < -0.4 is 0 Å². The predicted molar refractivity (Wildman–Crippen MR) is 106 cm³/mol. The molecule has 0 spiro atoms. The van der Waals surface area contributed by atoms with E-state index in [9.17, 15) is 13.2 Å². The summed E-state index contributed by atoms with van der Waals surface area (Å²) in [4.78, 5) is 7.07. The van der Waals surface area contributed by atoms with E-state index in [4.69, 9.17) is 11.6 Å². The van der Waals surface area contributed by atoms with Gasteiger partial charge in [-0.1, -0.05) is 41.9 Å². The summed E-state index contributed by atoms with van der Waals surface area (Å²) in [5, 5.41) is 5.96. The summed E-state index contributed by atoms with van der Waals surface area (Å²) >= 11 is 6.00. The summed E-state index contributed by atoms with van der Waals surface area (Å²) in [5.74, 6) is 0. The molecule has 0 bridgehead atoms. The van der Waals surface area contributed by atoms with Crippen LogP contribution in [0.25, 0.3) is 38.9 Å². The lowest BCUT2D eigenvalue weighted by atomic mass is 10.0. The van der Waals surface area contributed by atoms with Gasteiger partial charge in [-0.05, 0) is 24.3 Å². The topological polar surface area (TPSA) is 46.0 Å². The van der Waals surface area contributed by atoms with Gasteiger partial charge < -0.3 is 4.98 Å². The van der Waals surface area contributed by atoms with Crippen LogP contribution in [-0.2, 0) is 6.18 Å². The van der Waals surface area contributed by atoms with Crippen molar-refractivity contribution in [3.05, 3.63) is 77.7 Å². The minimum atomic E-state index is -4.55. The Hall–Kier alpha value is -3.32. The van der Waals surface area contributed by atoms with E-state index in [2.05, 4.69) is 15.1 Å². The lowest BCUT2D eigenvalue weighted by Gasteiger charge is -2.06. The maximum Gasteiger partial charge on any atom is 0.433 e. The van der Waals surface area contributed by atoms with E-state index in [0.717, 1.165) is 28.1 Å². The molecule has 0 saturated carbocycles. The summed E-state index contributed by atoms with van der Waals surface area (Å²) < 4.78 is 41.3. The molecule has 1 N–H and O–H groups in total. The molecule has 5 rings (SSSR count). The van der Waals surface area contributed by atoms with Crippen molar-refractivity contribution in [3.63, 3.8) is 0 Å². The molecular weight excluding hydrogens is 401 g/mol. The molecule has 0 fully saturated rings. The quantitative estimate of drug-likeness (QED) is 0.374. The van der Waals surface area contributed by atoms with Gasteiger partial charge in [0.05, 0.1) is 5.56 Å². The van der Waals surface area contributed by atoms with E-state index in [1.165, 1.54) is 10.7 Å². The zero-order valence-corrected chi connectivity index (χ0v) is 15.5. The minimum absolute atomic E-state index is 0.134.